The molecule has 1 unspecified atom stereocenters. The first-order valence-corrected chi connectivity index (χ1v) is 6.64. The maximum Gasteiger partial charge on any atom is 0.0374 e. The number of aryl methyl sites for hydroxylation is 1. The van der Waals surface area contributed by atoms with E-state index in [0.29, 0.717) is 6.04 Å². The summed E-state index contributed by atoms with van der Waals surface area (Å²) in [4.78, 5) is 0. The highest BCUT2D eigenvalue weighted by Crippen LogP contribution is 2.30. The maximum atomic E-state index is 3.56. The SMILES string of the molecule is CCC(CC)c1ccc2c(c1)CCC(C)N2. The van der Waals surface area contributed by atoms with Gasteiger partial charge in [-0.25, -0.2) is 0 Å². The molecule has 0 fully saturated rings. The third kappa shape index (κ3) is 2.23. The number of fused-ring (bicyclic) bond motifs is 1. The Balaban J connectivity index is 2.25. The van der Waals surface area contributed by atoms with E-state index in [-0.39, 0.29) is 0 Å². The number of nitrogens with one attached hydrogen (secondary N) is 1. The number of rotatable bonds is 3. The molecule has 0 radical (unpaired) electrons. The van der Waals surface area contributed by atoms with Crippen LogP contribution in [-0.2, 0) is 6.42 Å². The highest BCUT2D eigenvalue weighted by molar-refractivity contribution is 5.55. The molecule has 1 aromatic rings. The molecule has 1 aromatic carbocycles. The molecule has 1 heteroatoms. The molecule has 1 aliphatic heterocycles. The van der Waals surface area contributed by atoms with Gasteiger partial charge in [0.2, 0.25) is 0 Å². The minimum Gasteiger partial charge on any atom is -0.382 e. The summed E-state index contributed by atoms with van der Waals surface area (Å²) in [6.45, 7) is 6.83. The lowest BCUT2D eigenvalue weighted by Crippen LogP contribution is -2.22. The predicted octanol–water partition coefficient (Wildman–Crippen LogP) is 4.34. The van der Waals surface area contributed by atoms with E-state index in [1.165, 1.54) is 42.5 Å². The van der Waals surface area contributed by atoms with Gasteiger partial charge in [-0.3, -0.25) is 0 Å². The van der Waals surface area contributed by atoms with Gasteiger partial charge in [-0.2, -0.15) is 0 Å². The van der Waals surface area contributed by atoms with Gasteiger partial charge < -0.3 is 5.32 Å². The zero-order valence-electron chi connectivity index (χ0n) is 10.7. The highest BCUT2D eigenvalue weighted by Gasteiger charge is 2.15. The molecule has 0 amide bonds. The number of hydrogen-bond acceptors (Lipinski definition) is 1. The third-order valence-electron chi connectivity index (χ3n) is 3.83. The smallest absolute Gasteiger partial charge is 0.0374 e. The molecule has 16 heavy (non-hydrogen) atoms. The van der Waals surface area contributed by atoms with E-state index in [1.54, 1.807) is 0 Å². The molecule has 0 bridgehead atoms. The van der Waals surface area contributed by atoms with Gasteiger partial charge in [0.15, 0.2) is 0 Å². The van der Waals surface area contributed by atoms with Crippen LogP contribution in [0.25, 0.3) is 0 Å². The lowest BCUT2D eigenvalue weighted by Gasteiger charge is -2.25. The fraction of sp³-hybridized carbons (Fsp3) is 0.600. The molecule has 1 aliphatic rings. The fourth-order valence-electron chi connectivity index (χ4n) is 2.68. The standard InChI is InChI=1S/C15H23N/c1-4-12(5-2)13-8-9-15-14(10-13)7-6-11(3)16-15/h8-12,16H,4-7H2,1-3H3. The topological polar surface area (TPSA) is 12.0 Å². The van der Waals surface area contributed by atoms with Crippen LogP contribution in [0.15, 0.2) is 18.2 Å². The van der Waals surface area contributed by atoms with Crippen LogP contribution in [0.1, 0.15) is 57.1 Å². The summed E-state index contributed by atoms with van der Waals surface area (Å²) in [7, 11) is 0. The number of benzene rings is 1. The van der Waals surface area contributed by atoms with E-state index >= 15 is 0 Å². The van der Waals surface area contributed by atoms with Crippen molar-refractivity contribution in [3.8, 4) is 0 Å². The summed E-state index contributed by atoms with van der Waals surface area (Å²) in [6, 6.07) is 7.64. The molecule has 0 saturated heterocycles. The highest BCUT2D eigenvalue weighted by atomic mass is 14.9. The van der Waals surface area contributed by atoms with E-state index in [2.05, 4.69) is 44.3 Å². The second-order valence-electron chi connectivity index (χ2n) is 5.01. The zero-order valence-corrected chi connectivity index (χ0v) is 10.7. The van der Waals surface area contributed by atoms with Gasteiger partial charge in [-0.1, -0.05) is 26.0 Å². The summed E-state index contributed by atoms with van der Waals surface area (Å²) in [5.41, 5.74) is 4.40. The van der Waals surface area contributed by atoms with Crippen molar-refractivity contribution in [1.29, 1.82) is 0 Å². The predicted molar refractivity (Wildman–Crippen MR) is 71.2 cm³/mol. The van der Waals surface area contributed by atoms with Crippen molar-refractivity contribution in [3.63, 3.8) is 0 Å². The summed E-state index contributed by atoms with van der Waals surface area (Å²) in [6.07, 6.45) is 5.00. The Bertz CT molecular complexity index is 352. The zero-order chi connectivity index (χ0) is 11.5. The Kier molecular flexibility index (Phi) is 3.52. The normalized spacial score (nSPS) is 19.4. The Morgan fingerprint density at radius 1 is 1.31 bits per heavy atom. The third-order valence-corrected chi connectivity index (χ3v) is 3.83. The van der Waals surface area contributed by atoms with Gasteiger partial charge >= 0.3 is 0 Å². The van der Waals surface area contributed by atoms with E-state index in [0.717, 1.165) is 5.92 Å². The van der Waals surface area contributed by atoms with Gasteiger partial charge in [-0.15, -0.1) is 0 Å². The molecular weight excluding hydrogens is 194 g/mol. The summed E-state index contributed by atoms with van der Waals surface area (Å²) >= 11 is 0. The van der Waals surface area contributed by atoms with Gasteiger partial charge in [0.25, 0.3) is 0 Å². The van der Waals surface area contributed by atoms with Crippen molar-refractivity contribution in [3.05, 3.63) is 29.3 Å². The van der Waals surface area contributed by atoms with Crippen LogP contribution in [0.2, 0.25) is 0 Å². The Morgan fingerprint density at radius 2 is 2.06 bits per heavy atom. The molecular formula is C15H23N. The fourth-order valence-corrected chi connectivity index (χ4v) is 2.68. The minimum absolute atomic E-state index is 0.631. The average molecular weight is 217 g/mol. The van der Waals surface area contributed by atoms with E-state index < -0.39 is 0 Å². The van der Waals surface area contributed by atoms with Crippen molar-refractivity contribution in [2.45, 2.75) is 58.4 Å². The lowest BCUT2D eigenvalue weighted by molar-refractivity contribution is 0.636. The van der Waals surface area contributed by atoms with Crippen molar-refractivity contribution in [1.82, 2.24) is 0 Å². The van der Waals surface area contributed by atoms with Crippen LogP contribution >= 0.6 is 0 Å². The van der Waals surface area contributed by atoms with Crippen LogP contribution in [0.4, 0.5) is 5.69 Å². The van der Waals surface area contributed by atoms with E-state index in [4.69, 9.17) is 0 Å². The van der Waals surface area contributed by atoms with E-state index in [9.17, 15) is 0 Å². The summed E-state index contributed by atoms with van der Waals surface area (Å²) in [5.74, 6) is 0.740. The molecule has 1 atom stereocenters. The van der Waals surface area contributed by atoms with Gasteiger partial charge in [0.1, 0.15) is 0 Å². The second kappa shape index (κ2) is 4.90. The summed E-state index contributed by atoms with van der Waals surface area (Å²) in [5, 5.41) is 3.56. The Labute approximate surface area is 99.3 Å². The molecule has 0 saturated carbocycles. The largest absolute Gasteiger partial charge is 0.382 e. The number of hydrogen-bond donors (Lipinski definition) is 1. The molecule has 1 nitrogen and oxygen atoms in total. The van der Waals surface area contributed by atoms with Crippen LogP contribution in [0.3, 0.4) is 0 Å². The second-order valence-corrected chi connectivity index (χ2v) is 5.01. The first-order valence-electron chi connectivity index (χ1n) is 6.64. The molecule has 0 spiro atoms. The molecule has 88 valence electrons. The average Bonchev–Trinajstić information content (AvgIpc) is 2.31. The quantitative estimate of drug-likeness (QED) is 0.794. The van der Waals surface area contributed by atoms with Crippen LogP contribution in [0, 0.1) is 0 Å². The number of anilines is 1. The first kappa shape index (κ1) is 11.5. The Hall–Kier alpha value is -0.980. The molecule has 0 aromatic heterocycles. The van der Waals surface area contributed by atoms with Gasteiger partial charge in [-0.05, 0) is 55.7 Å². The Morgan fingerprint density at radius 3 is 2.75 bits per heavy atom. The van der Waals surface area contributed by atoms with Gasteiger partial charge in [0.05, 0.1) is 0 Å². The van der Waals surface area contributed by atoms with Crippen LogP contribution < -0.4 is 5.32 Å². The monoisotopic (exact) mass is 217 g/mol. The first-order chi connectivity index (χ1) is 7.74. The van der Waals surface area contributed by atoms with Crippen molar-refractivity contribution in [2.24, 2.45) is 0 Å². The van der Waals surface area contributed by atoms with Crippen molar-refractivity contribution < 1.29 is 0 Å². The lowest BCUT2D eigenvalue weighted by atomic mass is 9.89. The maximum absolute atomic E-state index is 3.56. The van der Waals surface area contributed by atoms with E-state index in [1.807, 2.05) is 0 Å². The molecule has 1 N–H and O–H groups in total. The van der Waals surface area contributed by atoms with Crippen molar-refractivity contribution >= 4 is 5.69 Å². The molecule has 0 aliphatic carbocycles. The summed E-state index contributed by atoms with van der Waals surface area (Å²) < 4.78 is 0. The minimum atomic E-state index is 0.631. The molecule has 1 heterocycles. The van der Waals surface area contributed by atoms with Gasteiger partial charge in [0, 0.05) is 11.7 Å². The van der Waals surface area contributed by atoms with Crippen LogP contribution in [0.5, 0.6) is 0 Å². The molecule has 2 rings (SSSR count). The van der Waals surface area contributed by atoms with Crippen LogP contribution in [-0.4, -0.2) is 6.04 Å². The van der Waals surface area contributed by atoms with Crippen molar-refractivity contribution in [2.75, 3.05) is 5.32 Å².